The molecule has 4 nitrogen and oxygen atoms in total. The van der Waals surface area contributed by atoms with Gasteiger partial charge in [-0.25, -0.2) is 9.18 Å². The van der Waals surface area contributed by atoms with Crippen LogP contribution >= 0.6 is 0 Å². The molecular weight excluding hydrogens is 225 g/mol. The third-order valence-corrected chi connectivity index (χ3v) is 2.81. The summed E-state index contributed by atoms with van der Waals surface area (Å²) in [6, 6.07) is 4.15. The van der Waals surface area contributed by atoms with Crippen molar-refractivity contribution in [2.45, 2.75) is 24.9 Å². The van der Waals surface area contributed by atoms with E-state index in [9.17, 15) is 19.1 Å². The highest BCUT2D eigenvalue weighted by Crippen LogP contribution is 2.33. The molecule has 1 fully saturated rings. The molecule has 0 heterocycles. The molecule has 1 atom stereocenters. The van der Waals surface area contributed by atoms with Gasteiger partial charge < -0.3 is 10.0 Å². The van der Waals surface area contributed by atoms with E-state index in [0.717, 1.165) is 12.8 Å². The van der Waals surface area contributed by atoms with E-state index in [0.29, 0.717) is 12.0 Å². The first-order valence-corrected chi connectivity index (χ1v) is 5.34. The van der Waals surface area contributed by atoms with Crippen LogP contribution in [-0.2, 0) is 9.59 Å². The van der Waals surface area contributed by atoms with Gasteiger partial charge in [0.2, 0.25) is 6.41 Å². The first-order chi connectivity index (χ1) is 8.13. The van der Waals surface area contributed by atoms with Crippen molar-refractivity contribution in [3.8, 4) is 0 Å². The lowest BCUT2D eigenvalue weighted by atomic mass is 10.1. The van der Waals surface area contributed by atoms with Gasteiger partial charge in [-0.2, -0.15) is 0 Å². The molecule has 17 heavy (non-hydrogen) atoms. The fourth-order valence-corrected chi connectivity index (χ4v) is 1.82. The molecule has 1 saturated carbocycles. The van der Waals surface area contributed by atoms with E-state index in [1.807, 2.05) is 0 Å². The van der Waals surface area contributed by atoms with Crippen LogP contribution in [0, 0.1) is 5.82 Å². The standard InChI is InChI=1S/C12H12FNO3/c13-9-3-1-8(2-4-9)11(12(16)17)14(7-15)10-5-6-10/h1-4,7,10-11H,5-6H2,(H,16,17). The fourth-order valence-electron chi connectivity index (χ4n) is 1.82. The number of amides is 1. The minimum absolute atomic E-state index is 0.00125. The van der Waals surface area contributed by atoms with Gasteiger partial charge in [0.25, 0.3) is 0 Å². The molecule has 0 bridgehead atoms. The highest BCUT2D eigenvalue weighted by Gasteiger charge is 2.37. The molecule has 0 aromatic heterocycles. The molecular formula is C12H12FNO3. The number of benzene rings is 1. The van der Waals surface area contributed by atoms with Crippen LogP contribution in [0.4, 0.5) is 4.39 Å². The molecule has 1 aliphatic rings. The quantitative estimate of drug-likeness (QED) is 0.791. The maximum Gasteiger partial charge on any atom is 0.331 e. The zero-order chi connectivity index (χ0) is 12.4. The Bertz CT molecular complexity index is 428. The Morgan fingerprint density at radius 2 is 2.00 bits per heavy atom. The van der Waals surface area contributed by atoms with E-state index in [1.54, 1.807) is 0 Å². The monoisotopic (exact) mass is 237 g/mol. The maximum atomic E-state index is 12.8. The van der Waals surface area contributed by atoms with Gasteiger partial charge >= 0.3 is 5.97 Å². The molecule has 2 rings (SSSR count). The Kier molecular flexibility index (Phi) is 3.08. The third-order valence-electron chi connectivity index (χ3n) is 2.81. The van der Waals surface area contributed by atoms with Crippen LogP contribution in [0.5, 0.6) is 0 Å². The first kappa shape index (κ1) is 11.6. The Balaban J connectivity index is 2.30. The molecule has 0 saturated heterocycles. The van der Waals surface area contributed by atoms with Crippen LogP contribution in [0.3, 0.4) is 0 Å². The molecule has 1 unspecified atom stereocenters. The van der Waals surface area contributed by atoms with Gasteiger partial charge in [0.1, 0.15) is 5.82 Å². The van der Waals surface area contributed by atoms with Crippen molar-refractivity contribution in [1.29, 1.82) is 0 Å². The number of halogens is 1. The van der Waals surface area contributed by atoms with E-state index < -0.39 is 17.8 Å². The van der Waals surface area contributed by atoms with E-state index in [1.165, 1.54) is 29.2 Å². The minimum Gasteiger partial charge on any atom is -0.479 e. The highest BCUT2D eigenvalue weighted by molar-refractivity contribution is 5.78. The lowest BCUT2D eigenvalue weighted by Crippen LogP contribution is -2.34. The van der Waals surface area contributed by atoms with Crippen molar-refractivity contribution in [2.24, 2.45) is 0 Å². The normalized spacial score (nSPS) is 16.3. The van der Waals surface area contributed by atoms with Crippen molar-refractivity contribution >= 4 is 12.4 Å². The summed E-state index contributed by atoms with van der Waals surface area (Å²) in [6.45, 7) is 0. The number of rotatable bonds is 5. The average Bonchev–Trinajstić information content (AvgIpc) is 3.11. The number of nitrogens with zero attached hydrogens (tertiary/aromatic N) is 1. The Labute approximate surface area is 97.7 Å². The first-order valence-electron chi connectivity index (χ1n) is 5.34. The molecule has 1 aromatic rings. The second-order valence-corrected chi connectivity index (χ2v) is 4.08. The summed E-state index contributed by atoms with van der Waals surface area (Å²) in [7, 11) is 0. The molecule has 0 spiro atoms. The maximum absolute atomic E-state index is 12.8. The van der Waals surface area contributed by atoms with Crippen LogP contribution in [0.25, 0.3) is 0 Å². The molecule has 1 aliphatic carbocycles. The van der Waals surface area contributed by atoms with Gasteiger partial charge in [0, 0.05) is 6.04 Å². The predicted octanol–water partition coefficient (Wildman–Crippen LogP) is 1.57. The van der Waals surface area contributed by atoms with Crippen molar-refractivity contribution < 1.29 is 19.1 Å². The molecule has 1 aromatic carbocycles. The summed E-state index contributed by atoms with van der Waals surface area (Å²) >= 11 is 0. The number of carboxylic acids is 1. The molecule has 5 heteroatoms. The fraction of sp³-hybridized carbons (Fsp3) is 0.333. The van der Waals surface area contributed by atoms with Gasteiger partial charge in [-0.1, -0.05) is 12.1 Å². The summed E-state index contributed by atoms with van der Waals surface area (Å²) in [5, 5.41) is 9.18. The summed E-state index contributed by atoms with van der Waals surface area (Å²) < 4.78 is 12.8. The van der Waals surface area contributed by atoms with Gasteiger partial charge in [-0.15, -0.1) is 0 Å². The van der Waals surface area contributed by atoms with Crippen molar-refractivity contribution in [3.05, 3.63) is 35.6 Å². The van der Waals surface area contributed by atoms with Crippen molar-refractivity contribution in [1.82, 2.24) is 4.90 Å². The summed E-state index contributed by atoms with van der Waals surface area (Å²) in [5.41, 5.74) is 0.415. The summed E-state index contributed by atoms with van der Waals surface area (Å²) in [5.74, 6) is -1.53. The lowest BCUT2D eigenvalue weighted by molar-refractivity contribution is -0.147. The number of carboxylic acid groups (broad SMARTS) is 1. The van der Waals surface area contributed by atoms with Gasteiger partial charge in [-0.05, 0) is 30.5 Å². The largest absolute Gasteiger partial charge is 0.479 e. The number of hydrogen-bond acceptors (Lipinski definition) is 2. The third kappa shape index (κ3) is 2.43. The molecule has 1 amide bonds. The van der Waals surface area contributed by atoms with E-state index >= 15 is 0 Å². The number of aliphatic carboxylic acids is 1. The van der Waals surface area contributed by atoms with Crippen LogP contribution < -0.4 is 0 Å². The molecule has 1 N–H and O–H groups in total. The molecule has 0 radical (unpaired) electrons. The zero-order valence-corrected chi connectivity index (χ0v) is 9.04. The van der Waals surface area contributed by atoms with Crippen LogP contribution in [0.1, 0.15) is 24.4 Å². The SMILES string of the molecule is O=CN(C1CC1)C(C(=O)O)c1ccc(F)cc1. The Morgan fingerprint density at radius 1 is 1.41 bits per heavy atom. The van der Waals surface area contributed by atoms with Crippen LogP contribution in [0.2, 0.25) is 0 Å². The van der Waals surface area contributed by atoms with E-state index in [2.05, 4.69) is 0 Å². The number of hydrogen-bond donors (Lipinski definition) is 1. The van der Waals surface area contributed by atoms with Gasteiger partial charge in [-0.3, -0.25) is 4.79 Å². The van der Waals surface area contributed by atoms with E-state index in [-0.39, 0.29) is 6.04 Å². The summed E-state index contributed by atoms with van der Waals surface area (Å²) in [4.78, 5) is 23.5. The minimum atomic E-state index is -1.10. The van der Waals surface area contributed by atoms with Crippen LogP contribution in [0.15, 0.2) is 24.3 Å². The van der Waals surface area contributed by atoms with Crippen molar-refractivity contribution in [3.63, 3.8) is 0 Å². The average molecular weight is 237 g/mol. The predicted molar refractivity (Wildman–Crippen MR) is 57.7 cm³/mol. The summed E-state index contributed by atoms with van der Waals surface area (Å²) in [6.07, 6.45) is 2.20. The van der Waals surface area contributed by atoms with Gasteiger partial charge in [0.05, 0.1) is 0 Å². The molecule has 90 valence electrons. The lowest BCUT2D eigenvalue weighted by Gasteiger charge is -2.25. The number of carbonyl (C=O) groups is 2. The Hall–Kier alpha value is -1.91. The second kappa shape index (κ2) is 4.53. The molecule has 0 aliphatic heterocycles. The zero-order valence-electron chi connectivity index (χ0n) is 9.04. The topological polar surface area (TPSA) is 57.6 Å². The Morgan fingerprint density at radius 3 is 2.41 bits per heavy atom. The van der Waals surface area contributed by atoms with Crippen LogP contribution in [-0.4, -0.2) is 28.4 Å². The number of carbonyl (C=O) groups excluding carboxylic acids is 1. The van der Waals surface area contributed by atoms with Gasteiger partial charge in [0.15, 0.2) is 6.04 Å². The second-order valence-electron chi connectivity index (χ2n) is 4.08. The van der Waals surface area contributed by atoms with Crippen molar-refractivity contribution in [2.75, 3.05) is 0 Å². The highest BCUT2D eigenvalue weighted by atomic mass is 19.1. The van der Waals surface area contributed by atoms with E-state index in [4.69, 9.17) is 0 Å². The smallest absolute Gasteiger partial charge is 0.331 e.